The molecular formula is C16H22N2O2S. The summed E-state index contributed by atoms with van der Waals surface area (Å²) in [5.41, 5.74) is 2.41. The van der Waals surface area contributed by atoms with Crippen LogP contribution in [0.2, 0.25) is 0 Å². The Bertz CT molecular complexity index is 801. The molecule has 0 amide bonds. The van der Waals surface area contributed by atoms with E-state index in [0.717, 1.165) is 5.52 Å². The molecule has 0 unspecified atom stereocenters. The molecule has 0 bridgehead atoms. The minimum absolute atomic E-state index is 0. The molecule has 4 nitrogen and oxygen atoms in total. The number of sulfonamides is 1. The highest BCUT2D eigenvalue weighted by atomic mass is 32.2. The smallest absolute Gasteiger partial charge is 0.229 e. The molecule has 1 N–H and O–H groups in total. The second kappa shape index (κ2) is 4.26. The number of anilines is 1. The van der Waals surface area contributed by atoms with Gasteiger partial charge >= 0.3 is 0 Å². The van der Waals surface area contributed by atoms with Gasteiger partial charge in [-0.25, -0.2) is 8.42 Å². The molecule has 4 rings (SSSR count). The van der Waals surface area contributed by atoms with E-state index < -0.39 is 10.0 Å². The number of nitrogens with zero attached hydrogens (tertiary/aromatic N) is 1. The summed E-state index contributed by atoms with van der Waals surface area (Å²) in [4.78, 5) is 0. The van der Waals surface area contributed by atoms with Crippen LogP contribution in [0.5, 0.6) is 0 Å². The molecule has 5 heteroatoms. The van der Waals surface area contributed by atoms with Gasteiger partial charge in [0.15, 0.2) is 0 Å². The standard InChI is InChI=1S/C16H20N2O2S.H2/c1-21(19,20)17-13-4-3-12-5-8-18(15(12)9-13)14-10-16(11-14)6-2-7-16;/h3-5,8-9,14,17H,2,6-7,10-11H2,1H3;1H. The molecule has 0 saturated heterocycles. The molecule has 1 spiro atoms. The van der Waals surface area contributed by atoms with E-state index >= 15 is 0 Å². The van der Waals surface area contributed by atoms with Crippen LogP contribution in [0, 0.1) is 5.41 Å². The van der Waals surface area contributed by atoms with E-state index in [2.05, 4.69) is 21.6 Å². The first-order valence-electron chi connectivity index (χ1n) is 7.53. The molecule has 0 atom stereocenters. The Kier molecular flexibility index (Phi) is 2.67. The lowest BCUT2D eigenvalue weighted by Crippen LogP contribution is -2.43. The zero-order chi connectivity index (χ0) is 14.7. The van der Waals surface area contributed by atoms with Crippen molar-refractivity contribution in [1.29, 1.82) is 0 Å². The molecule has 2 aliphatic rings. The Labute approximate surface area is 126 Å². The summed E-state index contributed by atoms with van der Waals surface area (Å²) in [5.74, 6) is 0. The number of hydrogen-bond acceptors (Lipinski definition) is 2. The number of rotatable bonds is 3. The van der Waals surface area contributed by atoms with Crippen molar-refractivity contribution in [2.45, 2.75) is 38.1 Å². The monoisotopic (exact) mass is 306 g/mol. The van der Waals surface area contributed by atoms with E-state index in [9.17, 15) is 8.42 Å². The van der Waals surface area contributed by atoms with Gasteiger partial charge in [-0.05, 0) is 54.7 Å². The second-order valence-electron chi connectivity index (χ2n) is 6.79. The lowest BCUT2D eigenvalue weighted by atomic mass is 9.54. The summed E-state index contributed by atoms with van der Waals surface area (Å²) < 4.78 is 27.6. The van der Waals surface area contributed by atoms with Gasteiger partial charge in [0.25, 0.3) is 0 Å². The van der Waals surface area contributed by atoms with Gasteiger partial charge in [-0.2, -0.15) is 0 Å². The van der Waals surface area contributed by atoms with E-state index in [4.69, 9.17) is 0 Å². The summed E-state index contributed by atoms with van der Waals surface area (Å²) in [7, 11) is -3.23. The summed E-state index contributed by atoms with van der Waals surface area (Å²) in [6.45, 7) is 0. The van der Waals surface area contributed by atoms with Crippen LogP contribution in [0.3, 0.4) is 0 Å². The van der Waals surface area contributed by atoms with Crippen LogP contribution >= 0.6 is 0 Å². The maximum atomic E-state index is 11.4. The number of nitrogens with one attached hydrogen (secondary N) is 1. The Balaban J connectivity index is 0.00000144. The van der Waals surface area contributed by atoms with Gasteiger partial charge in [0, 0.05) is 13.7 Å². The first kappa shape index (κ1) is 13.2. The predicted molar refractivity (Wildman–Crippen MR) is 87.1 cm³/mol. The average Bonchev–Trinajstić information content (AvgIpc) is 2.67. The zero-order valence-electron chi connectivity index (χ0n) is 12.2. The quantitative estimate of drug-likeness (QED) is 0.938. The first-order valence-corrected chi connectivity index (χ1v) is 9.42. The van der Waals surface area contributed by atoms with Gasteiger partial charge in [-0.15, -0.1) is 0 Å². The minimum atomic E-state index is -3.23. The molecule has 0 radical (unpaired) electrons. The molecule has 0 aliphatic heterocycles. The molecule has 2 aromatic rings. The molecule has 21 heavy (non-hydrogen) atoms. The van der Waals surface area contributed by atoms with Crippen molar-refractivity contribution >= 4 is 26.6 Å². The highest BCUT2D eigenvalue weighted by Crippen LogP contribution is 2.60. The molecule has 2 aliphatic carbocycles. The Hall–Kier alpha value is -1.49. The number of benzene rings is 1. The van der Waals surface area contributed by atoms with Gasteiger partial charge in [-0.1, -0.05) is 12.5 Å². The van der Waals surface area contributed by atoms with Crippen LogP contribution in [0.25, 0.3) is 10.9 Å². The predicted octanol–water partition coefficient (Wildman–Crippen LogP) is 3.76. The zero-order valence-corrected chi connectivity index (χ0v) is 13.0. The summed E-state index contributed by atoms with van der Waals surface area (Å²) in [6, 6.07) is 8.45. The lowest BCUT2D eigenvalue weighted by Gasteiger charge is -2.54. The highest BCUT2D eigenvalue weighted by Gasteiger charge is 2.48. The third-order valence-corrected chi connectivity index (χ3v) is 5.78. The molecule has 2 saturated carbocycles. The Morgan fingerprint density at radius 1 is 1.29 bits per heavy atom. The van der Waals surface area contributed by atoms with E-state index in [-0.39, 0.29) is 1.43 Å². The maximum Gasteiger partial charge on any atom is 0.229 e. The normalized spacial score (nSPS) is 21.2. The van der Waals surface area contributed by atoms with Crippen LogP contribution in [0.4, 0.5) is 5.69 Å². The van der Waals surface area contributed by atoms with Gasteiger partial charge in [-0.3, -0.25) is 4.72 Å². The van der Waals surface area contributed by atoms with Gasteiger partial charge in [0.1, 0.15) is 0 Å². The van der Waals surface area contributed by atoms with Crippen LogP contribution in [0.15, 0.2) is 30.5 Å². The van der Waals surface area contributed by atoms with Crippen LogP contribution in [0.1, 0.15) is 39.6 Å². The molecule has 114 valence electrons. The summed E-state index contributed by atoms with van der Waals surface area (Å²) in [5, 5.41) is 1.17. The third kappa shape index (κ3) is 2.24. The lowest BCUT2D eigenvalue weighted by molar-refractivity contribution is -0.0156. The van der Waals surface area contributed by atoms with E-state index in [0.29, 0.717) is 17.1 Å². The number of hydrogen-bond donors (Lipinski definition) is 1. The molecule has 1 aromatic carbocycles. The van der Waals surface area contributed by atoms with Crippen molar-refractivity contribution in [3.8, 4) is 0 Å². The largest absolute Gasteiger partial charge is 0.344 e. The second-order valence-corrected chi connectivity index (χ2v) is 8.53. The van der Waals surface area contributed by atoms with Gasteiger partial charge < -0.3 is 4.57 Å². The van der Waals surface area contributed by atoms with Gasteiger partial charge in [0.2, 0.25) is 10.0 Å². The average molecular weight is 306 g/mol. The van der Waals surface area contributed by atoms with Crippen molar-refractivity contribution < 1.29 is 9.84 Å². The van der Waals surface area contributed by atoms with Crippen molar-refractivity contribution in [3.05, 3.63) is 30.5 Å². The van der Waals surface area contributed by atoms with Gasteiger partial charge in [0.05, 0.1) is 17.5 Å². The number of fused-ring (bicyclic) bond motifs is 1. The molecule has 1 heterocycles. The summed E-state index contributed by atoms with van der Waals surface area (Å²) in [6.07, 6.45) is 10.1. The van der Waals surface area contributed by atoms with Crippen LogP contribution in [-0.2, 0) is 10.0 Å². The van der Waals surface area contributed by atoms with Crippen molar-refractivity contribution in [3.63, 3.8) is 0 Å². The topological polar surface area (TPSA) is 51.1 Å². The summed E-state index contributed by atoms with van der Waals surface area (Å²) >= 11 is 0. The molecular weight excluding hydrogens is 284 g/mol. The van der Waals surface area contributed by atoms with Crippen LogP contribution < -0.4 is 4.72 Å². The van der Waals surface area contributed by atoms with Crippen molar-refractivity contribution in [1.82, 2.24) is 4.57 Å². The molecule has 1 aromatic heterocycles. The molecule has 2 fully saturated rings. The van der Waals surface area contributed by atoms with Crippen molar-refractivity contribution in [2.75, 3.05) is 11.0 Å². The fraction of sp³-hybridized carbons (Fsp3) is 0.500. The Morgan fingerprint density at radius 2 is 2.05 bits per heavy atom. The Morgan fingerprint density at radius 3 is 2.67 bits per heavy atom. The van der Waals surface area contributed by atoms with E-state index in [1.807, 2.05) is 18.2 Å². The van der Waals surface area contributed by atoms with Crippen molar-refractivity contribution in [2.24, 2.45) is 5.41 Å². The fourth-order valence-corrected chi connectivity index (χ4v) is 4.52. The van der Waals surface area contributed by atoms with E-state index in [1.165, 1.54) is 43.7 Å². The van der Waals surface area contributed by atoms with E-state index in [1.54, 1.807) is 0 Å². The fourth-order valence-electron chi connectivity index (χ4n) is 3.97. The first-order chi connectivity index (χ1) is 9.94. The SMILES string of the molecule is CS(=O)(=O)Nc1ccc2ccn(C3CC4(CCC4)C3)c2c1.[HH]. The number of aromatic nitrogens is 1. The maximum absolute atomic E-state index is 11.4. The minimum Gasteiger partial charge on any atom is -0.344 e. The third-order valence-electron chi connectivity index (χ3n) is 5.17. The van der Waals surface area contributed by atoms with Crippen LogP contribution in [-0.4, -0.2) is 19.2 Å². The highest BCUT2D eigenvalue weighted by molar-refractivity contribution is 7.92.